The number of fused-ring (bicyclic) bond motifs is 2. The quantitative estimate of drug-likeness (QED) is 0.608. The van der Waals surface area contributed by atoms with Gasteiger partial charge in [0.2, 0.25) is 0 Å². The minimum atomic E-state index is -0.164. The van der Waals surface area contributed by atoms with Gasteiger partial charge in [0.1, 0.15) is 0 Å². The Morgan fingerprint density at radius 1 is 0.964 bits per heavy atom. The molecule has 0 amide bonds. The van der Waals surface area contributed by atoms with Gasteiger partial charge < -0.3 is 4.90 Å². The second-order valence-corrected chi connectivity index (χ2v) is 12.7. The number of ketones is 1. The van der Waals surface area contributed by atoms with Crippen molar-refractivity contribution in [1.29, 1.82) is 0 Å². The van der Waals surface area contributed by atoms with Gasteiger partial charge in [0.05, 0.1) is 0 Å². The van der Waals surface area contributed by atoms with E-state index in [2.05, 4.69) is 59.7 Å². The molecule has 2 heteroatoms. The van der Waals surface area contributed by atoms with Gasteiger partial charge in [0, 0.05) is 11.5 Å². The van der Waals surface area contributed by atoms with Gasteiger partial charge in [0.15, 0.2) is 5.78 Å². The standard InChI is InChI=1S/C26H41NO/c1-17(27(6)7)18-10-12-24(5)20-9-8-19-22(2,3)21(28)11-13-25(19)16-26(20,25)15-14-23(18,24)4/h11,13,17-20H,8-10,12,14-16H2,1-7H3/t17-,18+,19-,20+,23+,24-,25+,26-/m0/s1. The van der Waals surface area contributed by atoms with E-state index in [1.54, 1.807) is 0 Å². The number of hydrogen-bond donors (Lipinski definition) is 0. The number of carbonyl (C=O) groups is 1. The van der Waals surface area contributed by atoms with E-state index in [1.165, 1.54) is 44.9 Å². The highest BCUT2D eigenvalue weighted by Crippen LogP contribution is 2.87. The van der Waals surface area contributed by atoms with Crippen LogP contribution in [0, 0.1) is 44.8 Å². The number of carbonyl (C=O) groups excluding carboxylic acids is 1. The predicted octanol–water partition coefficient (Wildman–Crippen LogP) is 5.72. The molecule has 28 heavy (non-hydrogen) atoms. The van der Waals surface area contributed by atoms with Crippen molar-refractivity contribution >= 4 is 5.78 Å². The van der Waals surface area contributed by atoms with Crippen molar-refractivity contribution in [2.24, 2.45) is 44.8 Å². The van der Waals surface area contributed by atoms with E-state index < -0.39 is 0 Å². The third kappa shape index (κ3) is 1.89. The molecule has 0 heterocycles. The molecule has 5 rings (SSSR count). The van der Waals surface area contributed by atoms with Crippen LogP contribution < -0.4 is 0 Å². The van der Waals surface area contributed by atoms with Crippen molar-refractivity contribution in [1.82, 2.24) is 4.90 Å². The van der Waals surface area contributed by atoms with E-state index in [0.29, 0.717) is 39.4 Å². The zero-order chi connectivity index (χ0) is 20.3. The van der Waals surface area contributed by atoms with Crippen LogP contribution in [0.15, 0.2) is 12.2 Å². The second-order valence-electron chi connectivity index (χ2n) is 12.7. The molecule has 2 nitrogen and oxygen atoms in total. The van der Waals surface area contributed by atoms with Gasteiger partial charge in [-0.1, -0.05) is 33.8 Å². The lowest BCUT2D eigenvalue weighted by molar-refractivity contribution is -0.141. The zero-order valence-corrected chi connectivity index (χ0v) is 19.3. The Morgan fingerprint density at radius 2 is 1.64 bits per heavy atom. The molecule has 0 saturated heterocycles. The molecule has 4 fully saturated rings. The van der Waals surface area contributed by atoms with E-state index in [-0.39, 0.29) is 5.41 Å². The minimum absolute atomic E-state index is 0.164. The van der Waals surface area contributed by atoms with Crippen LogP contribution >= 0.6 is 0 Å². The van der Waals surface area contributed by atoms with Gasteiger partial charge in [-0.05, 0) is 111 Å². The van der Waals surface area contributed by atoms with Gasteiger partial charge in [-0.15, -0.1) is 0 Å². The fourth-order valence-electron chi connectivity index (χ4n) is 9.79. The van der Waals surface area contributed by atoms with Crippen molar-refractivity contribution in [2.45, 2.75) is 85.6 Å². The summed E-state index contributed by atoms with van der Waals surface area (Å²) in [6.07, 6.45) is 14.0. The van der Waals surface area contributed by atoms with Gasteiger partial charge >= 0.3 is 0 Å². The van der Waals surface area contributed by atoms with Crippen molar-refractivity contribution in [2.75, 3.05) is 14.1 Å². The molecule has 0 aliphatic heterocycles. The lowest BCUT2D eigenvalue weighted by atomic mass is 9.42. The Bertz CT molecular complexity index is 752. The Morgan fingerprint density at radius 3 is 2.32 bits per heavy atom. The predicted molar refractivity (Wildman–Crippen MR) is 115 cm³/mol. The highest BCUT2D eigenvalue weighted by atomic mass is 16.1. The van der Waals surface area contributed by atoms with Gasteiger partial charge in [-0.25, -0.2) is 0 Å². The highest BCUT2D eigenvalue weighted by molar-refractivity contribution is 5.96. The maximum Gasteiger partial charge on any atom is 0.161 e. The summed E-state index contributed by atoms with van der Waals surface area (Å²) < 4.78 is 0. The summed E-state index contributed by atoms with van der Waals surface area (Å²) >= 11 is 0. The number of nitrogens with zero attached hydrogens (tertiary/aromatic N) is 1. The smallest absolute Gasteiger partial charge is 0.161 e. The van der Waals surface area contributed by atoms with E-state index in [9.17, 15) is 4.79 Å². The van der Waals surface area contributed by atoms with Gasteiger partial charge in [0.25, 0.3) is 0 Å². The van der Waals surface area contributed by atoms with Crippen LogP contribution in [-0.2, 0) is 4.79 Å². The van der Waals surface area contributed by atoms with Crippen molar-refractivity contribution < 1.29 is 4.79 Å². The van der Waals surface area contributed by atoms with Crippen molar-refractivity contribution in [3.63, 3.8) is 0 Å². The number of hydrogen-bond acceptors (Lipinski definition) is 2. The molecule has 8 atom stereocenters. The van der Waals surface area contributed by atoms with Crippen LogP contribution in [0.25, 0.3) is 0 Å². The summed E-state index contributed by atoms with van der Waals surface area (Å²) in [5.74, 6) is 2.61. The van der Waals surface area contributed by atoms with Gasteiger partial charge in [-0.3, -0.25) is 4.79 Å². The van der Waals surface area contributed by atoms with Crippen molar-refractivity contribution in [3.05, 3.63) is 12.2 Å². The molecule has 0 unspecified atom stereocenters. The van der Waals surface area contributed by atoms with Crippen LogP contribution in [-0.4, -0.2) is 30.8 Å². The minimum Gasteiger partial charge on any atom is -0.306 e. The maximum atomic E-state index is 12.7. The molecule has 5 aliphatic carbocycles. The normalized spacial score (nSPS) is 54.6. The lowest BCUT2D eigenvalue weighted by Crippen LogP contribution is -2.57. The zero-order valence-electron chi connectivity index (χ0n) is 19.3. The summed E-state index contributed by atoms with van der Waals surface area (Å²) in [6, 6.07) is 0.663. The first kappa shape index (κ1) is 19.3. The largest absolute Gasteiger partial charge is 0.306 e. The highest BCUT2D eigenvalue weighted by Gasteiger charge is 2.81. The first-order chi connectivity index (χ1) is 13.0. The van der Waals surface area contributed by atoms with E-state index in [1.807, 2.05) is 6.08 Å². The molecule has 0 N–H and O–H groups in total. The van der Waals surface area contributed by atoms with Crippen LogP contribution in [0.5, 0.6) is 0 Å². The Labute approximate surface area is 172 Å². The fourth-order valence-corrected chi connectivity index (χ4v) is 9.79. The van der Waals surface area contributed by atoms with Crippen molar-refractivity contribution in [3.8, 4) is 0 Å². The molecule has 5 aliphatic rings. The molecule has 0 radical (unpaired) electrons. The van der Waals surface area contributed by atoms with E-state index in [0.717, 1.165) is 11.8 Å². The van der Waals surface area contributed by atoms with E-state index >= 15 is 0 Å². The summed E-state index contributed by atoms with van der Waals surface area (Å²) in [5, 5.41) is 0. The summed E-state index contributed by atoms with van der Waals surface area (Å²) in [7, 11) is 4.53. The van der Waals surface area contributed by atoms with Crippen LogP contribution in [0.2, 0.25) is 0 Å². The number of allylic oxidation sites excluding steroid dienone is 2. The average molecular weight is 384 g/mol. The molecule has 0 aromatic carbocycles. The topological polar surface area (TPSA) is 20.3 Å². The Hall–Kier alpha value is -0.630. The van der Waals surface area contributed by atoms with Crippen LogP contribution in [0.1, 0.15) is 79.6 Å². The first-order valence-corrected chi connectivity index (χ1v) is 11.9. The van der Waals surface area contributed by atoms with Crippen LogP contribution in [0.4, 0.5) is 0 Å². The number of rotatable bonds is 2. The summed E-state index contributed by atoms with van der Waals surface area (Å²) in [5.41, 5.74) is 1.60. The molecule has 2 spiro atoms. The summed E-state index contributed by atoms with van der Waals surface area (Å²) in [6.45, 7) is 12.3. The SMILES string of the molecule is C[C@@H]([C@H]1CC[C@@]2(C)[C@H]3CC[C@H]4C(C)(C)C(=O)C=C[C@@]45C[C@@]35CC[C@]12C)N(C)C. The average Bonchev–Trinajstić information content (AvgIpc) is 3.21. The van der Waals surface area contributed by atoms with Gasteiger partial charge in [-0.2, -0.15) is 0 Å². The molecular formula is C26H41NO. The second kappa shape index (κ2) is 5.34. The molecular weight excluding hydrogens is 342 g/mol. The third-order valence-electron chi connectivity index (χ3n) is 11.8. The third-order valence-corrected chi connectivity index (χ3v) is 11.8. The van der Waals surface area contributed by atoms with Crippen LogP contribution in [0.3, 0.4) is 0 Å². The summed E-state index contributed by atoms with van der Waals surface area (Å²) in [4.78, 5) is 15.1. The first-order valence-electron chi connectivity index (χ1n) is 11.9. The molecule has 0 aromatic heterocycles. The molecule has 4 saturated carbocycles. The molecule has 156 valence electrons. The molecule has 0 bridgehead atoms. The fraction of sp³-hybridized carbons (Fsp3) is 0.885. The lowest BCUT2D eigenvalue weighted by Gasteiger charge is -2.62. The Kier molecular flexibility index (Phi) is 3.69. The molecule has 0 aromatic rings. The Balaban J connectivity index is 1.54. The maximum absolute atomic E-state index is 12.7. The monoisotopic (exact) mass is 383 g/mol. The van der Waals surface area contributed by atoms with E-state index in [4.69, 9.17) is 0 Å².